The lowest BCUT2D eigenvalue weighted by Gasteiger charge is -2.45. The number of carbonyl (C=O) groups is 3. The average molecular weight is 499 g/mol. The van der Waals surface area contributed by atoms with Gasteiger partial charge >= 0.3 is 6.03 Å². The van der Waals surface area contributed by atoms with Gasteiger partial charge in [-0.05, 0) is 28.8 Å². The molecule has 1 N–H and O–H groups in total. The average Bonchev–Trinajstić information content (AvgIpc) is 3.26. The minimum absolute atomic E-state index is 0.0294. The topological polar surface area (TPSA) is 89.1 Å². The zero-order chi connectivity index (χ0) is 25.8. The Morgan fingerprint density at radius 3 is 2.27 bits per heavy atom. The molecular formula is C28H30N6O3. The van der Waals surface area contributed by atoms with E-state index >= 15 is 0 Å². The number of aromatic nitrogens is 1. The molecule has 1 aromatic heterocycles. The van der Waals surface area contributed by atoms with E-state index in [9.17, 15) is 14.4 Å². The van der Waals surface area contributed by atoms with Gasteiger partial charge in [-0.3, -0.25) is 19.6 Å². The molecule has 9 heteroatoms. The minimum Gasteiger partial charge on any atom is -0.333 e. The van der Waals surface area contributed by atoms with Gasteiger partial charge in [0.1, 0.15) is 12.2 Å². The van der Waals surface area contributed by atoms with Crippen LogP contribution in [0.4, 0.5) is 4.79 Å². The van der Waals surface area contributed by atoms with Gasteiger partial charge in [-0.15, -0.1) is 0 Å². The molecular weight excluding hydrogens is 468 g/mol. The lowest BCUT2D eigenvalue weighted by Crippen LogP contribution is -2.65. The first-order valence-corrected chi connectivity index (χ1v) is 12.4. The Hall–Kier alpha value is -4.24. The molecule has 0 unspecified atom stereocenters. The van der Waals surface area contributed by atoms with Crippen LogP contribution < -0.4 is 5.32 Å². The molecule has 2 atom stereocenters. The highest BCUT2D eigenvalue weighted by atomic mass is 16.2. The summed E-state index contributed by atoms with van der Waals surface area (Å²) in [6, 6.07) is 22.2. The predicted octanol–water partition coefficient (Wildman–Crippen LogP) is 2.26. The standard InChI is InChI=1S/C28H30N6O3/c1-31(28(37)30-17-22-10-6-3-7-11-22)33-20-26(35)34-24(16-21-8-4-2-5-9-21)27(36)32(19-25(33)34)18-23-12-14-29-15-13-23/h2-15,24-25H,16-20H2,1H3,(H,30,37)/t24-,25+/m0/s1. The van der Waals surface area contributed by atoms with Crippen LogP contribution in [0, 0.1) is 0 Å². The molecule has 9 nitrogen and oxygen atoms in total. The van der Waals surface area contributed by atoms with Gasteiger partial charge in [0.05, 0.1) is 13.1 Å². The molecule has 5 rings (SSSR count). The zero-order valence-electron chi connectivity index (χ0n) is 20.7. The second-order valence-electron chi connectivity index (χ2n) is 9.33. The van der Waals surface area contributed by atoms with Gasteiger partial charge in [0.2, 0.25) is 11.8 Å². The number of rotatable bonds is 7. The van der Waals surface area contributed by atoms with Crippen LogP contribution >= 0.6 is 0 Å². The highest BCUT2D eigenvalue weighted by molar-refractivity contribution is 5.91. The van der Waals surface area contributed by atoms with Crippen LogP contribution in [0.2, 0.25) is 0 Å². The van der Waals surface area contributed by atoms with Gasteiger partial charge in [-0.1, -0.05) is 60.7 Å². The Kier molecular flexibility index (Phi) is 7.14. The summed E-state index contributed by atoms with van der Waals surface area (Å²) < 4.78 is 0. The van der Waals surface area contributed by atoms with E-state index in [4.69, 9.17) is 0 Å². The SMILES string of the molecule is CN(C(=O)NCc1ccccc1)N1CC(=O)N2[C@@H](Cc3ccccc3)C(=O)N(Cc3ccncc3)C[C@@H]21. The van der Waals surface area contributed by atoms with Gasteiger partial charge in [-0.2, -0.15) is 5.01 Å². The maximum atomic E-state index is 13.7. The molecule has 0 aliphatic carbocycles. The predicted molar refractivity (Wildman–Crippen MR) is 137 cm³/mol. The van der Waals surface area contributed by atoms with Gasteiger partial charge in [0.15, 0.2) is 0 Å². The molecule has 2 saturated heterocycles. The van der Waals surface area contributed by atoms with Crippen LogP contribution in [0.25, 0.3) is 0 Å². The molecule has 4 amide bonds. The van der Waals surface area contributed by atoms with Crippen molar-refractivity contribution in [2.45, 2.75) is 31.7 Å². The zero-order valence-corrected chi connectivity index (χ0v) is 20.7. The summed E-state index contributed by atoms with van der Waals surface area (Å²) >= 11 is 0. The van der Waals surface area contributed by atoms with Crippen molar-refractivity contribution in [2.24, 2.45) is 0 Å². The van der Waals surface area contributed by atoms with Crippen LogP contribution in [0.3, 0.4) is 0 Å². The molecule has 190 valence electrons. The molecule has 0 spiro atoms. The first kappa shape index (κ1) is 24.5. The van der Waals surface area contributed by atoms with E-state index in [2.05, 4.69) is 10.3 Å². The molecule has 2 fully saturated rings. The molecule has 3 aromatic rings. The van der Waals surface area contributed by atoms with Gasteiger partial charge in [0.25, 0.3) is 0 Å². The largest absolute Gasteiger partial charge is 0.333 e. The van der Waals surface area contributed by atoms with Crippen molar-refractivity contribution in [1.82, 2.24) is 30.1 Å². The maximum Gasteiger partial charge on any atom is 0.332 e. The normalized spacial score (nSPS) is 19.6. The lowest BCUT2D eigenvalue weighted by atomic mass is 10.00. The quantitative estimate of drug-likeness (QED) is 0.540. The fourth-order valence-electron chi connectivity index (χ4n) is 5.00. The second kappa shape index (κ2) is 10.8. The smallest absolute Gasteiger partial charge is 0.332 e. The highest BCUT2D eigenvalue weighted by Gasteiger charge is 2.51. The van der Waals surface area contributed by atoms with Crippen LogP contribution in [0.1, 0.15) is 16.7 Å². The van der Waals surface area contributed by atoms with Crippen LogP contribution in [0.5, 0.6) is 0 Å². The maximum absolute atomic E-state index is 13.7. The number of piperazine rings is 1. The van der Waals surface area contributed by atoms with Crippen LogP contribution in [-0.4, -0.2) is 75.0 Å². The van der Waals surface area contributed by atoms with E-state index < -0.39 is 12.2 Å². The number of nitrogens with one attached hydrogen (secondary N) is 1. The summed E-state index contributed by atoms with van der Waals surface area (Å²) in [7, 11) is 1.66. The number of amides is 4. The van der Waals surface area contributed by atoms with Crippen molar-refractivity contribution in [2.75, 3.05) is 20.1 Å². The van der Waals surface area contributed by atoms with E-state index in [1.807, 2.05) is 72.8 Å². The number of hydrazine groups is 1. The molecule has 2 aromatic carbocycles. The van der Waals surface area contributed by atoms with E-state index in [0.717, 1.165) is 16.7 Å². The third-order valence-electron chi connectivity index (χ3n) is 6.93. The molecule has 2 aliphatic heterocycles. The Morgan fingerprint density at radius 1 is 0.946 bits per heavy atom. The van der Waals surface area contributed by atoms with E-state index in [0.29, 0.717) is 26.1 Å². The summed E-state index contributed by atoms with van der Waals surface area (Å²) in [4.78, 5) is 47.5. The fourth-order valence-corrected chi connectivity index (χ4v) is 5.00. The summed E-state index contributed by atoms with van der Waals surface area (Å²) in [5.41, 5.74) is 2.92. The monoisotopic (exact) mass is 498 g/mol. The van der Waals surface area contributed by atoms with Crippen molar-refractivity contribution >= 4 is 17.8 Å². The number of pyridine rings is 1. The summed E-state index contributed by atoms with van der Waals surface area (Å²) in [5.74, 6) is -0.256. The Balaban J connectivity index is 1.38. The van der Waals surface area contributed by atoms with Crippen molar-refractivity contribution in [3.63, 3.8) is 0 Å². The number of benzene rings is 2. The summed E-state index contributed by atoms with van der Waals surface area (Å²) in [6.45, 7) is 1.11. The number of nitrogens with zero attached hydrogens (tertiary/aromatic N) is 5. The van der Waals surface area contributed by atoms with Crippen LogP contribution in [-0.2, 0) is 29.1 Å². The fraction of sp³-hybridized carbons (Fsp3) is 0.286. The Morgan fingerprint density at radius 2 is 1.59 bits per heavy atom. The summed E-state index contributed by atoms with van der Waals surface area (Å²) in [6.07, 6.45) is 3.36. The highest BCUT2D eigenvalue weighted by Crippen LogP contribution is 2.29. The second-order valence-corrected chi connectivity index (χ2v) is 9.33. The lowest BCUT2D eigenvalue weighted by molar-refractivity contribution is -0.157. The van der Waals surface area contributed by atoms with Crippen molar-refractivity contribution in [3.05, 3.63) is 102 Å². The summed E-state index contributed by atoms with van der Waals surface area (Å²) in [5, 5.41) is 6.15. The van der Waals surface area contributed by atoms with Crippen molar-refractivity contribution < 1.29 is 14.4 Å². The Labute approximate surface area is 216 Å². The van der Waals surface area contributed by atoms with Crippen LogP contribution in [0.15, 0.2) is 85.2 Å². The number of urea groups is 1. The third kappa shape index (κ3) is 5.31. The first-order valence-electron chi connectivity index (χ1n) is 12.4. The van der Waals surface area contributed by atoms with E-state index in [1.54, 1.807) is 34.3 Å². The molecule has 0 saturated carbocycles. The molecule has 2 aliphatic rings. The number of carbonyl (C=O) groups excluding carboxylic acids is 3. The molecule has 37 heavy (non-hydrogen) atoms. The number of hydrogen-bond donors (Lipinski definition) is 1. The minimum atomic E-state index is -0.652. The van der Waals surface area contributed by atoms with E-state index in [1.165, 1.54) is 5.01 Å². The van der Waals surface area contributed by atoms with Gasteiger partial charge < -0.3 is 15.1 Å². The molecule has 0 radical (unpaired) electrons. The Bertz CT molecular complexity index is 1240. The van der Waals surface area contributed by atoms with E-state index in [-0.39, 0.29) is 24.4 Å². The van der Waals surface area contributed by atoms with Crippen molar-refractivity contribution in [1.29, 1.82) is 0 Å². The van der Waals surface area contributed by atoms with Gasteiger partial charge in [-0.25, -0.2) is 4.79 Å². The molecule has 3 heterocycles. The number of hydrogen-bond acceptors (Lipinski definition) is 5. The van der Waals surface area contributed by atoms with Crippen molar-refractivity contribution in [3.8, 4) is 0 Å². The first-order chi connectivity index (χ1) is 18.0. The third-order valence-corrected chi connectivity index (χ3v) is 6.93. The molecule has 0 bridgehead atoms. The van der Waals surface area contributed by atoms with Gasteiger partial charge in [0, 0.05) is 39.0 Å². The number of fused-ring (bicyclic) bond motifs is 1.